The minimum atomic E-state index is -0.824. The molecule has 0 saturated carbocycles. The van der Waals surface area contributed by atoms with Gasteiger partial charge in [-0.05, 0) is 62.1 Å². The Hall–Kier alpha value is -5.59. The molecule has 1 aromatic carbocycles. The van der Waals surface area contributed by atoms with Gasteiger partial charge in [-0.3, -0.25) is 28.5 Å². The molecule has 252 valence electrons. The molecule has 0 bridgehead atoms. The largest absolute Gasteiger partial charge is 0.354 e. The second-order valence-electron chi connectivity index (χ2n) is 13.3. The number of nitrogens with zero attached hydrogens (tertiary/aromatic N) is 7. The Morgan fingerprint density at radius 2 is 1.80 bits per heavy atom. The summed E-state index contributed by atoms with van der Waals surface area (Å²) in [6, 6.07) is 5.55. The van der Waals surface area contributed by atoms with Crippen molar-refractivity contribution in [3.8, 4) is 16.9 Å². The van der Waals surface area contributed by atoms with Crippen LogP contribution in [0, 0.1) is 19.7 Å². The van der Waals surface area contributed by atoms with Crippen LogP contribution < -0.4 is 21.0 Å². The number of pyridine rings is 3. The first-order chi connectivity index (χ1) is 23.3. The molecule has 1 saturated heterocycles. The standard InChI is InChI=1S/C36H37FN8O4/c1-9-25(46)43-16-24-34(47)41(7)32-30(44(24)15-20(43)6)21-14-22(37)28(26-18(4)10-11-23-31(26)42(8)36(49)39-23)40-33(21)45(35(32)48)29-19(5)12-13-38-27(29)17(2)3/h9-14,17,20,24H,1,15-16H2,2-8H3,(H,39,49). The number of aromatic nitrogens is 5. The minimum Gasteiger partial charge on any atom is -0.354 e. The molecule has 6 heterocycles. The number of benzene rings is 1. The van der Waals surface area contributed by atoms with Crippen LogP contribution in [0.4, 0.5) is 15.8 Å². The van der Waals surface area contributed by atoms with Crippen LogP contribution in [0.25, 0.3) is 39.0 Å². The van der Waals surface area contributed by atoms with Gasteiger partial charge < -0.3 is 19.7 Å². The summed E-state index contributed by atoms with van der Waals surface area (Å²) < 4.78 is 19.7. The highest BCUT2D eigenvalue weighted by atomic mass is 19.1. The SMILES string of the molecule is C=CC(=O)N1CC2C(=O)N(C)c3c(c4cc(F)c(-c5c(C)ccc6[nH]c(=O)n(C)c56)nc4n(-c4c(C)ccnc4C(C)C)c3=O)N2CC1C. The molecule has 2 aliphatic rings. The first-order valence-electron chi connectivity index (χ1n) is 16.2. The molecule has 7 rings (SSSR count). The number of likely N-dealkylation sites (N-methyl/N-ethyl adjacent to an activating group) is 1. The highest BCUT2D eigenvalue weighted by Gasteiger charge is 2.46. The number of anilines is 2. The molecular weight excluding hydrogens is 627 g/mol. The van der Waals surface area contributed by atoms with Crippen molar-refractivity contribution in [1.29, 1.82) is 0 Å². The molecule has 2 unspecified atom stereocenters. The monoisotopic (exact) mass is 664 g/mol. The molecule has 0 aliphatic carbocycles. The van der Waals surface area contributed by atoms with E-state index in [-0.39, 0.29) is 59.6 Å². The third-order valence-corrected chi connectivity index (χ3v) is 9.92. The maximum atomic E-state index is 16.8. The summed E-state index contributed by atoms with van der Waals surface area (Å²) in [6.45, 7) is 13.4. The van der Waals surface area contributed by atoms with E-state index >= 15 is 9.18 Å². The number of carbonyl (C=O) groups is 2. The molecule has 49 heavy (non-hydrogen) atoms. The Morgan fingerprint density at radius 1 is 1.06 bits per heavy atom. The van der Waals surface area contributed by atoms with Gasteiger partial charge in [0.1, 0.15) is 23.2 Å². The van der Waals surface area contributed by atoms with Crippen molar-refractivity contribution >= 4 is 45.3 Å². The average Bonchev–Trinajstić information content (AvgIpc) is 3.35. The fourth-order valence-corrected chi connectivity index (χ4v) is 7.45. The van der Waals surface area contributed by atoms with Gasteiger partial charge >= 0.3 is 5.69 Å². The van der Waals surface area contributed by atoms with Crippen molar-refractivity contribution in [1.82, 2.24) is 29.0 Å². The van der Waals surface area contributed by atoms with Gasteiger partial charge in [-0.25, -0.2) is 14.2 Å². The van der Waals surface area contributed by atoms with Crippen LogP contribution >= 0.6 is 0 Å². The molecular formula is C36H37FN8O4. The summed E-state index contributed by atoms with van der Waals surface area (Å²) in [4.78, 5) is 71.6. The second kappa shape index (κ2) is 11.2. The highest BCUT2D eigenvalue weighted by Crippen LogP contribution is 2.43. The van der Waals surface area contributed by atoms with E-state index in [2.05, 4.69) is 16.5 Å². The Kier molecular flexibility index (Phi) is 7.34. The third-order valence-electron chi connectivity index (χ3n) is 9.92. The summed E-state index contributed by atoms with van der Waals surface area (Å²) in [7, 11) is 3.13. The van der Waals surface area contributed by atoms with Gasteiger partial charge in [0, 0.05) is 43.8 Å². The number of aromatic amines is 1. The Bertz CT molecular complexity index is 2390. The van der Waals surface area contributed by atoms with E-state index < -0.39 is 17.4 Å². The Balaban J connectivity index is 1.63. The number of hydrogen-bond acceptors (Lipinski definition) is 7. The van der Waals surface area contributed by atoms with Gasteiger partial charge in [0.15, 0.2) is 5.65 Å². The number of fused-ring (bicyclic) bond motifs is 6. The van der Waals surface area contributed by atoms with Crippen molar-refractivity contribution in [3.63, 3.8) is 0 Å². The lowest BCUT2D eigenvalue weighted by Crippen LogP contribution is -2.66. The molecule has 12 nitrogen and oxygen atoms in total. The molecule has 2 amide bonds. The zero-order valence-corrected chi connectivity index (χ0v) is 28.5. The summed E-state index contributed by atoms with van der Waals surface area (Å²) >= 11 is 0. The lowest BCUT2D eigenvalue weighted by Gasteiger charge is -2.49. The summed E-state index contributed by atoms with van der Waals surface area (Å²) in [5.41, 5.74) is 3.70. The van der Waals surface area contributed by atoms with Crippen LogP contribution in [0.1, 0.15) is 43.5 Å². The van der Waals surface area contributed by atoms with Crippen LogP contribution in [-0.2, 0) is 16.6 Å². The molecule has 0 radical (unpaired) electrons. The first-order valence-corrected chi connectivity index (χ1v) is 16.2. The predicted octanol–water partition coefficient (Wildman–Crippen LogP) is 4.08. The molecule has 4 aromatic heterocycles. The maximum Gasteiger partial charge on any atom is 0.326 e. The van der Waals surface area contributed by atoms with Crippen molar-refractivity contribution in [2.75, 3.05) is 29.9 Å². The van der Waals surface area contributed by atoms with Gasteiger partial charge in [0.05, 0.1) is 34.6 Å². The molecule has 2 atom stereocenters. The first kappa shape index (κ1) is 32.0. The van der Waals surface area contributed by atoms with Crippen molar-refractivity contribution in [3.05, 3.63) is 86.6 Å². The number of hydrogen-bond donors (Lipinski definition) is 1. The van der Waals surface area contributed by atoms with E-state index in [0.717, 1.165) is 5.56 Å². The third kappa shape index (κ3) is 4.55. The zero-order valence-electron chi connectivity index (χ0n) is 28.5. The lowest BCUT2D eigenvalue weighted by atomic mass is 9.97. The van der Waals surface area contributed by atoms with E-state index in [1.54, 1.807) is 36.3 Å². The summed E-state index contributed by atoms with van der Waals surface area (Å²) in [5.74, 6) is -1.43. The molecule has 1 fully saturated rings. The summed E-state index contributed by atoms with van der Waals surface area (Å²) in [6.07, 6.45) is 2.90. The van der Waals surface area contributed by atoms with Gasteiger partial charge in [-0.15, -0.1) is 0 Å². The van der Waals surface area contributed by atoms with Crippen LogP contribution in [0.5, 0.6) is 0 Å². The van der Waals surface area contributed by atoms with Crippen molar-refractivity contribution < 1.29 is 14.0 Å². The van der Waals surface area contributed by atoms with Crippen molar-refractivity contribution in [2.45, 2.75) is 52.6 Å². The zero-order chi connectivity index (χ0) is 35.2. The smallest absolute Gasteiger partial charge is 0.326 e. The normalized spacial score (nSPS) is 17.7. The highest BCUT2D eigenvalue weighted by molar-refractivity contribution is 6.12. The minimum absolute atomic E-state index is 0.0301. The fourth-order valence-electron chi connectivity index (χ4n) is 7.45. The summed E-state index contributed by atoms with van der Waals surface area (Å²) in [5, 5.41) is 0.321. The van der Waals surface area contributed by atoms with Gasteiger partial charge in [-0.2, -0.15) is 0 Å². The Labute approximate surface area is 281 Å². The van der Waals surface area contributed by atoms with Gasteiger partial charge in [0.25, 0.3) is 11.5 Å². The molecule has 0 spiro atoms. The van der Waals surface area contributed by atoms with E-state index in [1.165, 1.54) is 33.2 Å². The number of imidazole rings is 1. The number of piperazine rings is 1. The quantitative estimate of drug-likeness (QED) is 0.287. The van der Waals surface area contributed by atoms with Crippen LogP contribution in [-0.4, -0.2) is 73.0 Å². The van der Waals surface area contributed by atoms with E-state index in [9.17, 15) is 14.4 Å². The molecule has 2 aliphatic heterocycles. The predicted molar refractivity (Wildman–Crippen MR) is 187 cm³/mol. The second-order valence-corrected chi connectivity index (χ2v) is 13.3. The Morgan fingerprint density at radius 3 is 2.49 bits per heavy atom. The van der Waals surface area contributed by atoms with Gasteiger partial charge in [-0.1, -0.05) is 26.5 Å². The molecule has 1 N–H and O–H groups in total. The number of rotatable bonds is 4. The fraction of sp³-hybridized carbons (Fsp3) is 0.333. The number of H-pyrrole nitrogens is 1. The van der Waals surface area contributed by atoms with Crippen LogP contribution in [0.3, 0.4) is 0 Å². The van der Waals surface area contributed by atoms with E-state index in [0.29, 0.717) is 44.6 Å². The number of aryl methyl sites for hydroxylation is 3. The van der Waals surface area contributed by atoms with E-state index in [4.69, 9.17) is 4.98 Å². The topological polar surface area (TPSA) is 129 Å². The van der Waals surface area contributed by atoms with Crippen LogP contribution in [0.15, 0.2) is 52.7 Å². The van der Waals surface area contributed by atoms with E-state index in [1.807, 2.05) is 39.5 Å². The number of carbonyl (C=O) groups excluding carboxylic acids is 2. The number of nitrogens with one attached hydrogen (secondary N) is 1. The number of halogens is 1. The number of amides is 2. The van der Waals surface area contributed by atoms with Gasteiger partial charge in [0.2, 0.25) is 5.91 Å². The average molecular weight is 665 g/mol. The molecule has 13 heteroatoms. The maximum absolute atomic E-state index is 16.8. The molecule has 5 aromatic rings. The van der Waals surface area contributed by atoms with Crippen molar-refractivity contribution in [2.24, 2.45) is 7.05 Å². The lowest BCUT2D eigenvalue weighted by molar-refractivity contribution is -0.130. The van der Waals surface area contributed by atoms with Crippen LogP contribution in [0.2, 0.25) is 0 Å².